The van der Waals surface area contributed by atoms with Gasteiger partial charge in [-0.1, -0.05) is 29.3 Å². The topological polar surface area (TPSA) is 103 Å². The van der Waals surface area contributed by atoms with E-state index in [4.69, 9.17) is 27.9 Å². The molecular formula is C22H16Cl2N6O2. The van der Waals surface area contributed by atoms with Gasteiger partial charge >= 0.3 is 0 Å². The molecule has 0 saturated heterocycles. The molecule has 0 unspecified atom stereocenters. The predicted molar refractivity (Wildman–Crippen MR) is 121 cm³/mol. The summed E-state index contributed by atoms with van der Waals surface area (Å²) < 4.78 is 5.72. The Morgan fingerprint density at radius 2 is 2.06 bits per heavy atom. The lowest BCUT2D eigenvalue weighted by molar-refractivity contribution is 0.0932. The molecule has 2 aliphatic heterocycles. The van der Waals surface area contributed by atoms with Crippen molar-refractivity contribution < 1.29 is 9.53 Å². The van der Waals surface area contributed by atoms with Gasteiger partial charge in [0, 0.05) is 18.4 Å². The second-order valence-corrected chi connectivity index (χ2v) is 8.13. The van der Waals surface area contributed by atoms with Gasteiger partial charge in [0.15, 0.2) is 6.73 Å². The van der Waals surface area contributed by atoms with Crippen LogP contribution >= 0.6 is 23.2 Å². The summed E-state index contributed by atoms with van der Waals surface area (Å²) in [5.74, 6) is 0.0639. The molecule has 2 aliphatic rings. The molecule has 0 spiro atoms. The molecule has 2 N–H and O–H groups in total. The molecule has 1 aromatic heterocycles. The van der Waals surface area contributed by atoms with Crippen molar-refractivity contribution in [3.05, 3.63) is 68.8 Å². The fraction of sp³-hybridized carbons (Fsp3) is 0.182. The van der Waals surface area contributed by atoms with Crippen LogP contribution in [0.25, 0.3) is 0 Å². The van der Waals surface area contributed by atoms with E-state index in [2.05, 4.69) is 26.7 Å². The number of fused-ring (bicyclic) bond motifs is 2. The molecule has 3 aromatic rings. The fourth-order valence-electron chi connectivity index (χ4n) is 3.83. The van der Waals surface area contributed by atoms with Gasteiger partial charge in [0.25, 0.3) is 5.91 Å². The molecule has 1 amide bonds. The second kappa shape index (κ2) is 8.28. The number of ether oxygens (including phenoxy) is 1. The highest BCUT2D eigenvalue weighted by Crippen LogP contribution is 2.37. The second-order valence-electron chi connectivity index (χ2n) is 7.31. The molecular weight excluding hydrogens is 451 g/mol. The van der Waals surface area contributed by atoms with Crippen LogP contribution in [0.1, 0.15) is 27.0 Å². The van der Waals surface area contributed by atoms with E-state index in [0.29, 0.717) is 33.5 Å². The number of anilines is 3. The highest BCUT2D eigenvalue weighted by molar-refractivity contribution is 6.40. The molecule has 0 fully saturated rings. The van der Waals surface area contributed by atoms with Crippen LogP contribution in [0.5, 0.6) is 5.88 Å². The van der Waals surface area contributed by atoms with E-state index in [1.54, 1.807) is 24.3 Å². The van der Waals surface area contributed by atoms with Crippen molar-refractivity contribution >= 4 is 46.4 Å². The van der Waals surface area contributed by atoms with Crippen molar-refractivity contribution in [3.8, 4) is 11.9 Å². The standard InChI is InChI=1S/C22H16Cl2N6O2/c23-17-2-1-3-18(24)19(17)30-11-32-20-16(21(30)31)10-27-22(29-20)28-14-6-12-4-5-26-9-15(12)13(7-14)8-25/h1-3,6-7,10,26H,4-5,9,11H2,(H,27,28,29). The number of para-hydroxylation sites is 1. The Morgan fingerprint density at radius 3 is 2.84 bits per heavy atom. The Labute approximate surface area is 193 Å². The van der Waals surface area contributed by atoms with Gasteiger partial charge in [0.1, 0.15) is 5.56 Å². The van der Waals surface area contributed by atoms with Gasteiger partial charge in [-0.15, -0.1) is 0 Å². The minimum Gasteiger partial charge on any atom is -0.455 e. The molecule has 32 heavy (non-hydrogen) atoms. The summed E-state index contributed by atoms with van der Waals surface area (Å²) in [7, 11) is 0. The maximum atomic E-state index is 13.0. The van der Waals surface area contributed by atoms with Gasteiger partial charge in [-0.3, -0.25) is 9.69 Å². The summed E-state index contributed by atoms with van der Waals surface area (Å²) in [6.07, 6.45) is 2.24. The maximum absolute atomic E-state index is 13.0. The summed E-state index contributed by atoms with van der Waals surface area (Å²) >= 11 is 12.5. The normalized spacial score (nSPS) is 14.8. The number of benzene rings is 2. The number of nitriles is 1. The van der Waals surface area contributed by atoms with Crippen molar-refractivity contribution in [3.63, 3.8) is 0 Å². The Kier molecular flexibility index (Phi) is 5.31. The van der Waals surface area contributed by atoms with Crippen molar-refractivity contribution in [2.45, 2.75) is 13.0 Å². The molecule has 0 atom stereocenters. The molecule has 0 bridgehead atoms. The first-order valence-corrected chi connectivity index (χ1v) is 10.6. The summed E-state index contributed by atoms with van der Waals surface area (Å²) in [4.78, 5) is 23.0. The van der Waals surface area contributed by atoms with Crippen molar-refractivity contribution in [2.24, 2.45) is 0 Å². The first kappa shape index (κ1) is 20.5. The number of carbonyl (C=O) groups excluding carboxylic acids is 1. The number of rotatable bonds is 3. The fourth-order valence-corrected chi connectivity index (χ4v) is 4.43. The van der Waals surface area contributed by atoms with Crippen molar-refractivity contribution in [2.75, 3.05) is 23.5 Å². The third-order valence-electron chi connectivity index (χ3n) is 5.36. The molecule has 10 heteroatoms. The van der Waals surface area contributed by atoms with Crippen LogP contribution in [-0.4, -0.2) is 29.2 Å². The summed E-state index contributed by atoms with van der Waals surface area (Å²) in [5.41, 5.74) is 4.01. The van der Waals surface area contributed by atoms with Crippen LogP contribution < -0.4 is 20.3 Å². The van der Waals surface area contributed by atoms with Gasteiger partial charge < -0.3 is 15.4 Å². The Hall–Kier alpha value is -3.38. The largest absolute Gasteiger partial charge is 0.455 e. The summed E-state index contributed by atoms with van der Waals surface area (Å²) in [6.45, 7) is 1.45. The van der Waals surface area contributed by atoms with Gasteiger partial charge in [0.05, 0.1) is 27.4 Å². The zero-order chi connectivity index (χ0) is 22.2. The van der Waals surface area contributed by atoms with Crippen LogP contribution in [0.2, 0.25) is 10.0 Å². The third-order valence-corrected chi connectivity index (χ3v) is 5.97. The number of nitrogens with zero attached hydrogens (tertiary/aromatic N) is 4. The predicted octanol–water partition coefficient (Wildman–Crippen LogP) is 4.04. The van der Waals surface area contributed by atoms with Crippen LogP contribution in [0, 0.1) is 11.3 Å². The van der Waals surface area contributed by atoms with Gasteiger partial charge in [-0.25, -0.2) is 4.98 Å². The lowest BCUT2D eigenvalue weighted by atomic mass is 9.95. The number of carbonyl (C=O) groups is 1. The minimum atomic E-state index is -0.360. The average Bonchev–Trinajstić information content (AvgIpc) is 2.80. The minimum absolute atomic E-state index is 0.0871. The Bertz CT molecular complexity index is 1270. The van der Waals surface area contributed by atoms with Crippen molar-refractivity contribution in [1.82, 2.24) is 15.3 Å². The maximum Gasteiger partial charge on any atom is 0.268 e. The third kappa shape index (κ3) is 3.60. The van der Waals surface area contributed by atoms with Crippen LogP contribution in [0.4, 0.5) is 17.3 Å². The number of nitrogens with one attached hydrogen (secondary N) is 2. The van der Waals surface area contributed by atoms with E-state index in [1.165, 1.54) is 11.1 Å². The highest BCUT2D eigenvalue weighted by Gasteiger charge is 2.31. The molecule has 0 aliphatic carbocycles. The molecule has 5 rings (SSSR count). The zero-order valence-electron chi connectivity index (χ0n) is 16.7. The quantitative estimate of drug-likeness (QED) is 0.599. The van der Waals surface area contributed by atoms with Crippen molar-refractivity contribution in [1.29, 1.82) is 5.26 Å². The summed E-state index contributed by atoms with van der Waals surface area (Å²) in [5, 5.41) is 16.6. The van der Waals surface area contributed by atoms with Crippen LogP contribution in [0.3, 0.4) is 0 Å². The molecule has 3 heterocycles. The van der Waals surface area contributed by atoms with Gasteiger partial charge in [0.2, 0.25) is 11.8 Å². The van der Waals surface area contributed by atoms with E-state index in [9.17, 15) is 10.1 Å². The lowest BCUT2D eigenvalue weighted by Crippen LogP contribution is -2.39. The van der Waals surface area contributed by atoms with Gasteiger partial charge in [-0.05, 0) is 48.4 Å². The molecule has 2 aromatic carbocycles. The van der Waals surface area contributed by atoms with E-state index in [0.717, 1.165) is 24.1 Å². The molecule has 8 nitrogen and oxygen atoms in total. The SMILES string of the molecule is N#Cc1cc(Nc2ncc3c(n2)OCN(c2c(Cl)cccc2Cl)C3=O)cc2c1CNCC2. The first-order valence-electron chi connectivity index (χ1n) is 9.84. The number of hydrogen-bond donors (Lipinski definition) is 2. The highest BCUT2D eigenvalue weighted by atomic mass is 35.5. The average molecular weight is 467 g/mol. The van der Waals surface area contributed by atoms with E-state index < -0.39 is 0 Å². The number of hydrogen-bond acceptors (Lipinski definition) is 7. The number of halogens is 2. The van der Waals surface area contributed by atoms with E-state index >= 15 is 0 Å². The Balaban J connectivity index is 1.43. The van der Waals surface area contributed by atoms with Gasteiger partial charge in [-0.2, -0.15) is 10.2 Å². The number of amides is 1. The van der Waals surface area contributed by atoms with E-state index in [-0.39, 0.29) is 30.0 Å². The van der Waals surface area contributed by atoms with Crippen LogP contribution in [0.15, 0.2) is 36.5 Å². The first-order chi connectivity index (χ1) is 15.5. The van der Waals surface area contributed by atoms with E-state index in [1.807, 2.05) is 6.07 Å². The molecule has 0 radical (unpaired) electrons. The number of aromatic nitrogens is 2. The molecule has 160 valence electrons. The zero-order valence-corrected chi connectivity index (χ0v) is 18.2. The smallest absolute Gasteiger partial charge is 0.268 e. The molecule has 0 saturated carbocycles. The lowest BCUT2D eigenvalue weighted by Gasteiger charge is -2.29. The Morgan fingerprint density at radius 1 is 1.25 bits per heavy atom. The van der Waals surface area contributed by atoms with Crippen LogP contribution in [-0.2, 0) is 13.0 Å². The monoisotopic (exact) mass is 466 g/mol. The summed E-state index contributed by atoms with van der Waals surface area (Å²) in [6, 6.07) is 11.0.